The molecule has 1 unspecified atom stereocenters. The van der Waals surface area contributed by atoms with Gasteiger partial charge in [-0.25, -0.2) is 4.98 Å². The summed E-state index contributed by atoms with van der Waals surface area (Å²) >= 11 is 0. The lowest BCUT2D eigenvalue weighted by atomic mass is 9.84. The number of aliphatic carboxylic acids is 1. The first-order valence-electron chi connectivity index (χ1n) is 6.44. The second kappa shape index (κ2) is 6.38. The van der Waals surface area contributed by atoms with Crippen molar-refractivity contribution in [1.29, 1.82) is 0 Å². The Bertz CT molecular complexity index is 544. The van der Waals surface area contributed by atoms with E-state index < -0.39 is 22.7 Å². The van der Waals surface area contributed by atoms with Gasteiger partial charge in [-0.15, -0.1) is 0 Å². The number of nitrogens with one attached hydrogen (secondary N) is 2. The lowest BCUT2D eigenvalue weighted by Gasteiger charge is -2.23. The van der Waals surface area contributed by atoms with Crippen molar-refractivity contribution in [3.63, 3.8) is 0 Å². The van der Waals surface area contributed by atoms with Crippen molar-refractivity contribution < 1.29 is 19.6 Å². The number of nitro groups is 1. The van der Waals surface area contributed by atoms with E-state index in [0.717, 1.165) is 0 Å². The predicted molar refractivity (Wildman–Crippen MR) is 75.0 cm³/mol. The highest BCUT2D eigenvalue weighted by Gasteiger charge is 2.25. The summed E-state index contributed by atoms with van der Waals surface area (Å²) in [6, 6.07) is 2.46. The zero-order valence-corrected chi connectivity index (χ0v) is 12.2. The van der Waals surface area contributed by atoms with Crippen LogP contribution in [-0.2, 0) is 4.79 Å². The molecule has 1 atom stereocenters. The summed E-state index contributed by atoms with van der Waals surface area (Å²) in [7, 11) is 0. The predicted octanol–water partition coefficient (Wildman–Crippen LogP) is 1.79. The molecule has 0 saturated carbocycles. The molecule has 1 aromatic heterocycles. The fraction of sp³-hybridized carbons (Fsp3) is 0.538. The normalized spacial score (nSPS) is 12.7. The Morgan fingerprint density at radius 3 is 2.48 bits per heavy atom. The van der Waals surface area contributed by atoms with Gasteiger partial charge in [-0.05, 0) is 22.8 Å². The van der Waals surface area contributed by atoms with E-state index in [0.29, 0.717) is 6.42 Å². The first-order chi connectivity index (χ1) is 9.60. The van der Waals surface area contributed by atoms with Crippen LogP contribution < -0.4 is 5.32 Å². The van der Waals surface area contributed by atoms with Crippen LogP contribution in [0.3, 0.4) is 0 Å². The van der Waals surface area contributed by atoms with Gasteiger partial charge in [-0.1, -0.05) is 20.8 Å². The van der Waals surface area contributed by atoms with Crippen molar-refractivity contribution in [1.82, 2.24) is 10.3 Å². The smallest absolute Gasteiger partial charge is 0.321 e. The van der Waals surface area contributed by atoms with Crippen LogP contribution >= 0.6 is 0 Å². The molecule has 1 heterocycles. The third kappa shape index (κ3) is 5.25. The molecule has 0 saturated heterocycles. The number of rotatable bonds is 6. The number of hydrogen-bond donors (Lipinski definition) is 3. The SMILES string of the molecule is CC(C)(C)CC(CNC(=O)c1ccc([N+](=O)[O-])[nH]1)C(=O)O. The summed E-state index contributed by atoms with van der Waals surface area (Å²) in [6.45, 7) is 5.72. The third-order valence-corrected chi connectivity index (χ3v) is 2.83. The van der Waals surface area contributed by atoms with Gasteiger partial charge in [0.2, 0.25) is 0 Å². The molecule has 0 spiro atoms. The first-order valence-corrected chi connectivity index (χ1v) is 6.44. The average Bonchev–Trinajstić information content (AvgIpc) is 2.82. The monoisotopic (exact) mass is 297 g/mol. The number of carbonyl (C=O) groups is 2. The van der Waals surface area contributed by atoms with Gasteiger partial charge in [-0.3, -0.25) is 9.59 Å². The fourth-order valence-corrected chi connectivity index (χ4v) is 1.92. The molecule has 0 bridgehead atoms. The van der Waals surface area contributed by atoms with Gasteiger partial charge in [0.15, 0.2) is 5.69 Å². The van der Waals surface area contributed by atoms with Crippen LogP contribution in [0.25, 0.3) is 0 Å². The maximum absolute atomic E-state index is 11.8. The van der Waals surface area contributed by atoms with Crippen LogP contribution in [0.5, 0.6) is 0 Å². The number of aromatic nitrogens is 1. The van der Waals surface area contributed by atoms with E-state index in [9.17, 15) is 19.7 Å². The number of amides is 1. The van der Waals surface area contributed by atoms with E-state index in [1.165, 1.54) is 12.1 Å². The molecule has 1 rings (SSSR count). The molecule has 3 N–H and O–H groups in total. The molecule has 1 amide bonds. The molecular formula is C13H19N3O5. The molecule has 21 heavy (non-hydrogen) atoms. The maximum atomic E-state index is 11.8. The fourth-order valence-electron chi connectivity index (χ4n) is 1.92. The van der Waals surface area contributed by atoms with Crippen molar-refractivity contribution in [3.05, 3.63) is 27.9 Å². The number of H-pyrrole nitrogens is 1. The molecule has 0 aliphatic carbocycles. The highest BCUT2D eigenvalue weighted by atomic mass is 16.6. The second-order valence-corrected chi connectivity index (χ2v) is 6.02. The highest BCUT2D eigenvalue weighted by molar-refractivity contribution is 5.93. The summed E-state index contributed by atoms with van der Waals surface area (Å²) in [4.78, 5) is 35.2. The molecule has 0 radical (unpaired) electrons. The van der Waals surface area contributed by atoms with Crippen molar-refractivity contribution in [3.8, 4) is 0 Å². The van der Waals surface area contributed by atoms with Crippen molar-refractivity contribution in [2.75, 3.05) is 6.54 Å². The van der Waals surface area contributed by atoms with Crippen LogP contribution in [0, 0.1) is 21.4 Å². The Morgan fingerprint density at radius 2 is 2.05 bits per heavy atom. The van der Waals surface area contributed by atoms with Gasteiger partial charge in [0.1, 0.15) is 0 Å². The molecule has 1 aromatic rings. The van der Waals surface area contributed by atoms with Gasteiger partial charge in [0.25, 0.3) is 5.91 Å². The lowest BCUT2D eigenvalue weighted by molar-refractivity contribution is -0.389. The van der Waals surface area contributed by atoms with E-state index in [1.807, 2.05) is 20.8 Å². The Morgan fingerprint density at radius 1 is 1.43 bits per heavy atom. The van der Waals surface area contributed by atoms with Crippen LogP contribution in [0.2, 0.25) is 0 Å². The highest BCUT2D eigenvalue weighted by Crippen LogP contribution is 2.24. The van der Waals surface area contributed by atoms with Crippen LogP contribution in [0.15, 0.2) is 12.1 Å². The van der Waals surface area contributed by atoms with Crippen LogP contribution in [-0.4, -0.2) is 33.4 Å². The van der Waals surface area contributed by atoms with Gasteiger partial charge in [-0.2, -0.15) is 0 Å². The number of aromatic amines is 1. The quantitative estimate of drug-likeness (QED) is 0.545. The van der Waals surface area contributed by atoms with E-state index in [-0.39, 0.29) is 23.5 Å². The van der Waals surface area contributed by atoms with E-state index in [2.05, 4.69) is 10.3 Å². The summed E-state index contributed by atoms with van der Waals surface area (Å²) in [5.74, 6) is -2.55. The summed E-state index contributed by atoms with van der Waals surface area (Å²) in [5, 5.41) is 22.1. The number of carboxylic acids is 1. The molecular weight excluding hydrogens is 278 g/mol. The molecule has 0 aromatic carbocycles. The molecule has 116 valence electrons. The molecule has 0 fully saturated rings. The lowest BCUT2D eigenvalue weighted by Crippen LogP contribution is -2.35. The largest absolute Gasteiger partial charge is 0.481 e. The van der Waals surface area contributed by atoms with Crippen molar-refractivity contribution >= 4 is 17.7 Å². The van der Waals surface area contributed by atoms with E-state index in [1.54, 1.807) is 0 Å². The topological polar surface area (TPSA) is 125 Å². The van der Waals surface area contributed by atoms with Crippen LogP contribution in [0.1, 0.15) is 37.7 Å². The number of carbonyl (C=O) groups excluding carboxylic acids is 1. The first kappa shape index (κ1) is 16.7. The van der Waals surface area contributed by atoms with Gasteiger partial charge in [0, 0.05) is 12.6 Å². The second-order valence-electron chi connectivity index (χ2n) is 6.02. The van der Waals surface area contributed by atoms with Gasteiger partial charge in [0.05, 0.1) is 5.92 Å². The molecule has 8 nitrogen and oxygen atoms in total. The summed E-state index contributed by atoms with van der Waals surface area (Å²) in [5.41, 5.74) is -0.152. The molecule has 8 heteroatoms. The third-order valence-electron chi connectivity index (χ3n) is 2.83. The van der Waals surface area contributed by atoms with Gasteiger partial charge < -0.3 is 20.5 Å². The van der Waals surface area contributed by atoms with Crippen LogP contribution in [0.4, 0.5) is 5.82 Å². The Hall–Kier alpha value is -2.38. The number of carboxylic acid groups (broad SMARTS) is 1. The van der Waals surface area contributed by atoms with Gasteiger partial charge >= 0.3 is 11.8 Å². The Labute approximate surface area is 121 Å². The van der Waals surface area contributed by atoms with E-state index >= 15 is 0 Å². The summed E-state index contributed by atoms with van der Waals surface area (Å²) < 4.78 is 0. The van der Waals surface area contributed by atoms with Crippen molar-refractivity contribution in [2.45, 2.75) is 27.2 Å². The maximum Gasteiger partial charge on any atom is 0.321 e. The minimum atomic E-state index is -0.984. The zero-order chi connectivity index (χ0) is 16.2. The zero-order valence-electron chi connectivity index (χ0n) is 12.2. The Kier molecular flexibility index (Phi) is 5.07. The number of nitrogens with zero attached hydrogens (tertiary/aromatic N) is 1. The molecule has 0 aliphatic rings. The standard InChI is InChI=1S/C13H19N3O5/c1-13(2,3)6-8(12(18)19)7-14-11(17)9-4-5-10(15-9)16(20)21/h4-5,8,15H,6-7H2,1-3H3,(H,14,17)(H,18,19). The van der Waals surface area contributed by atoms with E-state index in [4.69, 9.17) is 5.11 Å². The molecule has 0 aliphatic heterocycles. The summed E-state index contributed by atoms with van der Waals surface area (Å²) in [6.07, 6.45) is 0.410. The number of hydrogen-bond acceptors (Lipinski definition) is 4. The average molecular weight is 297 g/mol. The Balaban J connectivity index is 2.64. The minimum absolute atomic E-state index is 0.0293. The van der Waals surface area contributed by atoms with Crippen molar-refractivity contribution in [2.24, 2.45) is 11.3 Å². The minimum Gasteiger partial charge on any atom is -0.481 e.